The summed E-state index contributed by atoms with van der Waals surface area (Å²) in [6.45, 7) is 2.21. The molecule has 0 spiro atoms. The molecule has 0 saturated carbocycles. The van der Waals surface area contributed by atoms with Crippen molar-refractivity contribution in [2.75, 3.05) is 23.4 Å². The quantitative estimate of drug-likeness (QED) is 0.683. The van der Waals surface area contributed by atoms with Gasteiger partial charge in [-0.2, -0.15) is 0 Å². The molecule has 0 bridgehead atoms. The molecule has 5 heteroatoms. The van der Waals surface area contributed by atoms with E-state index in [0.29, 0.717) is 11.4 Å². The Hall–Kier alpha value is -3.52. The maximum absolute atomic E-state index is 12.6. The molecular formula is C21H18N2O3. The largest absolute Gasteiger partial charge is 0.481 e. The highest BCUT2D eigenvalue weighted by molar-refractivity contribution is 6.23. The Morgan fingerprint density at radius 2 is 2.15 bits per heavy atom. The fourth-order valence-electron chi connectivity index (χ4n) is 2.74. The number of carbonyl (C=O) groups excluding carboxylic acids is 2. The van der Waals surface area contributed by atoms with E-state index in [9.17, 15) is 9.59 Å². The number of carbonyl (C=O) groups is 2. The van der Waals surface area contributed by atoms with Crippen LogP contribution < -0.4 is 15.0 Å². The normalized spacial score (nSPS) is 13.1. The number of amides is 2. The van der Waals surface area contributed by atoms with Gasteiger partial charge in [0.15, 0.2) is 0 Å². The van der Waals surface area contributed by atoms with E-state index in [0.717, 1.165) is 16.8 Å². The van der Waals surface area contributed by atoms with Crippen LogP contribution in [0.25, 0.3) is 6.08 Å². The van der Waals surface area contributed by atoms with Crippen LogP contribution in [-0.4, -0.2) is 25.0 Å². The summed E-state index contributed by atoms with van der Waals surface area (Å²) in [4.78, 5) is 26.0. The van der Waals surface area contributed by atoms with Crippen LogP contribution in [0.1, 0.15) is 11.1 Å². The fraction of sp³-hybridized carbons (Fsp3) is 0.143. The van der Waals surface area contributed by atoms with Gasteiger partial charge in [-0.25, -0.2) is 4.90 Å². The SMILES string of the molecule is C#CCOc1ccc(/C=C/C(=O)N2C(=O)CNc3ccccc32)cc1C. The number of hydrogen-bond donors (Lipinski definition) is 1. The standard InChI is InChI=1S/C21H18N2O3/c1-3-12-26-19-10-8-16(13-15(19)2)9-11-20(24)23-18-7-5-4-6-17(18)22-14-21(23)25/h1,4-11,13,22H,12,14H2,2H3/b11-9+. The van der Waals surface area contributed by atoms with Crippen LogP contribution in [0.3, 0.4) is 0 Å². The van der Waals surface area contributed by atoms with Gasteiger partial charge in [0.1, 0.15) is 12.4 Å². The maximum atomic E-state index is 12.6. The van der Waals surface area contributed by atoms with Crippen molar-refractivity contribution in [1.82, 2.24) is 0 Å². The molecule has 130 valence electrons. The van der Waals surface area contributed by atoms with Crippen LogP contribution in [0.4, 0.5) is 11.4 Å². The third-order valence-electron chi connectivity index (χ3n) is 3.97. The first-order chi connectivity index (χ1) is 12.6. The molecule has 2 aromatic carbocycles. The smallest absolute Gasteiger partial charge is 0.257 e. The lowest BCUT2D eigenvalue weighted by Crippen LogP contribution is -2.43. The zero-order valence-electron chi connectivity index (χ0n) is 14.4. The molecule has 3 rings (SSSR count). The number of hydrogen-bond acceptors (Lipinski definition) is 4. The van der Waals surface area contributed by atoms with Gasteiger partial charge in [-0.15, -0.1) is 6.42 Å². The van der Waals surface area contributed by atoms with Crippen LogP contribution >= 0.6 is 0 Å². The molecule has 0 atom stereocenters. The monoisotopic (exact) mass is 346 g/mol. The summed E-state index contributed by atoms with van der Waals surface area (Å²) in [5.41, 5.74) is 3.07. The zero-order valence-corrected chi connectivity index (χ0v) is 14.4. The fourth-order valence-corrected chi connectivity index (χ4v) is 2.74. The Morgan fingerprint density at radius 1 is 1.35 bits per heavy atom. The molecule has 1 N–H and O–H groups in total. The molecule has 26 heavy (non-hydrogen) atoms. The Labute approximate surface area is 152 Å². The molecule has 0 saturated heterocycles. The minimum Gasteiger partial charge on any atom is -0.481 e. The van der Waals surface area contributed by atoms with Gasteiger partial charge in [0.25, 0.3) is 11.8 Å². The summed E-state index contributed by atoms with van der Waals surface area (Å²) >= 11 is 0. The number of imide groups is 1. The van der Waals surface area contributed by atoms with Gasteiger partial charge in [0, 0.05) is 6.08 Å². The highest BCUT2D eigenvalue weighted by atomic mass is 16.5. The molecule has 0 fully saturated rings. The Morgan fingerprint density at radius 3 is 2.92 bits per heavy atom. The second-order valence-electron chi connectivity index (χ2n) is 5.79. The molecule has 1 aliphatic rings. The molecule has 5 nitrogen and oxygen atoms in total. The Balaban J connectivity index is 1.79. The number of anilines is 2. The number of benzene rings is 2. The summed E-state index contributed by atoms with van der Waals surface area (Å²) in [5.74, 6) is 2.46. The molecule has 0 aromatic heterocycles. The van der Waals surface area contributed by atoms with Crippen molar-refractivity contribution in [3.05, 3.63) is 59.7 Å². The van der Waals surface area contributed by atoms with E-state index in [1.807, 2.05) is 37.3 Å². The van der Waals surface area contributed by atoms with Crippen LogP contribution in [0.5, 0.6) is 5.75 Å². The van der Waals surface area contributed by atoms with Crippen molar-refractivity contribution in [2.45, 2.75) is 6.92 Å². The van der Waals surface area contributed by atoms with Crippen LogP contribution in [0.15, 0.2) is 48.5 Å². The molecule has 0 aliphatic carbocycles. The van der Waals surface area contributed by atoms with E-state index in [2.05, 4.69) is 11.2 Å². The molecule has 0 radical (unpaired) electrons. The van der Waals surface area contributed by atoms with Crippen molar-refractivity contribution in [1.29, 1.82) is 0 Å². The predicted octanol–water partition coefficient (Wildman–Crippen LogP) is 3.01. The van der Waals surface area contributed by atoms with Gasteiger partial charge in [-0.05, 0) is 48.4 Å². The van der Waals surface area contributed by atoms with Crippen molar-refractivity contribution in [3.8, 4) is 18.1 Å². The number of nitrogens with zero attached hydrogens (tertiary/aromatic N) is 1. The molecule has 1 heterocycles. The van der Waals surface area contributed by atoms with Gasteiger partial charge in [-0.1, -0.05) is 24.1 Å². The number of fused-ring (bicyclic) bond motifs is 1. The van der Waals surface area contributed by atoms with E-state index >= 15 is 0 Å². The molecule has 1 aliphatic heterocycles. The molecule has 2 aromatic rings. The summed E-state index contributed by atoms with van der Waals surface area (Å²) < 4.78 is 5.43. The average Bonchev–Trinajstić information content (AvgIpc) is 2.65. The number of rotatable bonds is 4. The maximum Gasteiger partial charge on any atom is 0.257 e. The second kappa shape index (κ2) is 7.58. The van der Waals surface area contributed by atoms with E-state index < -0.39 is 0 Å². The van der Waals surface area contributed by atoms with Crippen molar-refractivity contribution in [3.63, 3.8) is 0 Å². The van der Waals surface area contributed by atoms with Gasteiger partial charge in [0.2, 0.25) is 0 Å². The van der Waals surface area contributed by atoms with E-state index in [4.69, 9.17) is 11.2 Å². The number of ether oxygens (including phenoxy) is 1. The summed E-state index contributed by atoms with van der Waals surface area (Å²) in [7, 11) is 0. The Kier molecular flexibility index (Phi) is 5.04. The first-order valence-electron chi connectivity index (χ1n) is 8.15. The van der Waals surface area contributed by atoms with Crippen LogP contribution in [0, 0.1) is 19.3 Å². The summed E-state index contributed by atoms with van der Waals surface area (Å²) in [6, 6.07) is 12.8. The highest BCUT2D eigenvalue weighted by Crippen LogP contribution is 2.29. The van der Waals surface area contributed by atoms with Crippen molar-refractivity contribution >= 4 is 29.3 Å². The molecular weight excluding hydrogens is 328 g/mol. The first-order valence-corrected chi connectivity index (χ1v) is 8.15. The lowest BCUT2D eigenvalue weighted by molar-refractivity contribution is -0.123. The van der Waals surface area contributed by atoms with Gasteiger partial charge in [-0.3, -0.25) is 9.59 Å². The second-order valence-corrected chi connectivity index (χ2v) is 5.79. The van der Waals surface area contributed by atoms with Gasteiger partial charge in [0.05, 0.1) is 17.9 Å². The van der Waals surface area contributed by atoms with Crippen molar-refractivity contribution in [2.24, 2.45) is 0 Å². The van der Waals surface area contributed by atoms with E-state index in [1.165, 1.54) is 11.0 Å². The van der Waals surface area contributed by atoms with Crippen molar-refractivity contribution < 1.29 is 14.3 Å². The number of nitrogens with one attached hydrogen (secondary N) is 1. The highest BCUT2D eigenvalue weighted by Gasteiger charge is 2.27. The zero-order chi connectivity index (χ0) is 18.5. The molecule has 0 unspecified atom stereocenters. The van der Waals surface area contributed by atoms with Crippen LogP contribution in [-0.2, 0) is 9.59 Å². The Bertz CT molecular complexity index is 925. The minimum absolute atomic E-state index is 0.0942. The third-order valence-corrected chi connectivity index (χ3v) is 3.97. The number of terminal acetylenes is 1. The lowest BCUT2D eigenvalue weighted by atomic mass is 10.1. The number of para-hydroxylation sites is 2. The van der Waals surface area contributed by atoms with Gasteiger partial charge >= 0.3 is 0 Å². The van der Waals surface area contributed by atoms with Crippen LogP contribution in [0.2, 0.25) is 0 Å². The average molecular weight is 346 g/mol. The molecule has 2 amide bonds. The van der Waals surface area contributed by atoms with E-state index in [-0.39, 0.29) is 25.0 Å². The summed E-state index contributed by atoms with van der Waals surface area (Å²) in [5, 5.41) is 3.01. The third kappa shape index (κ3) is 3.60. The topological polar surface area (TPSA) is 58.6 Å². The first kappa shape index (κ1) is 17.3. The predicted molar refractivity (Wildman–Crippen MR) is 102 cm³/mol. The van der Waals surface area contributed by atoms with Gasteiger partial charge < -0.3 is 10.1 Å². The summed E-state index contributed by atoms with van der Waals surface area (Å²) in [6.07, 6.45) is 8.27. The lowest BCUT2D eigenvalue weighted by Gasteiger charge is -2.27. The number of aryl methyl sites for hydroxylation is 1. The minimum atomic E-state index is -0.380. The van der Waals surface area contributed by atoms with E-state index in [1.54, 1.807) is 18.2 Å².